The second-order valence-corrected chi connectivity index (χ2v) is 8.59. The molecule has 2 aromatic rings. The molecule has 0 spiro atoms. The lowest BCUT2D eigenvalue weighted by molar-refractivity contribution is -0.124. The maximum atomic E-state index is 13.2. The molecule has 1 saturated heterocycles. The van der Waals surface area contributed by atoms with Gasteiger partial charge in [-0.1, -0.05) is 61.2 Å². The van der Waals surface area contributed by atoms with Gasteiger partial charge in [0.25, 0.3) is 5.91 Å². The predicted octanol–water partition coefficient (Wildman–Crippen LogP) is 5.65. The highest BCUT2D eigenvalue weighted by molar-refractivity contribution is 7.80. The third kappa shape index (κ3) is 4.37. The number of ether oxygens (including phenoxy) is 1. The quantitative estimate of drug-likeness (QED) is 0.444. The Morgan fingerprint density at radius 1 is 1.10 bits per heavy atom. The minimum absolute atomic E-state index is 0.0121. The van der Waals surface area contributed by atoms with E-state index in [2.05, 4.69) is 0 Å². The van der Waals surface area contributed by atoms with Crippen LogP contribution in [0.1, 0.15) is 43.2 Å². The Balaban J connectivity index is 1.56. The van der Waals surface area contributed by atoms with Crippen LogP contribution in [0.3, 0.4) is 0 Å². The highest BCUT2D eigenvalue weighted by atomic mass is 35.5. The second kappa shape index (κ2) is 9.19. The number of thiocarbonyl (C=S) groups is 1. The van der Waals surface area contributed by atoms with Crippen molar-refractivity contribution in [2.75, 3.05) is 7.05 Å². The average Bonchev–Trinajstić information content (AvgIpc) is 2.98. The molecule has 156 valence electrons. The van der Waals surface area contributed by atoms with Gasteiger partial charge in [-0.3, -0.25) is 9.69 Å². The van der Waals surface area contributed by atoms with Crippen molar-refractivity contribution in [3.05, 3.63) is 70.4 Å². The zero-order valence-corrected chi connectivity index (χ0v) is 18.6. The van der Waals surface area contributed by atoms with Gasteiger partial charge in [0, 0.05) is 23.7 Å². The zero-order chi connectivity index (χ0) is 21.1. The van der Waals surface area contributed by atoms with Gasteiger partial charge in [0.2, 0.25) is 0 Å². The molecule has 0 aromatic heterocycles. The molecule has 4 rings (SSSR count). The van der Waals surface area contributed by atoms with Crippen LogP contribution in [-0.2, 0) is 11.4 Å². The summed E-state index contributed by atoms with van der Waals surface area (Å²) in [6, 6.07) is 15.5. The lowest BCUT2D eigenvalue weighted by Gasteiger charge is -2.30. The normalized spacial score (nSPS) is 19.1. The molecule has 0 atom stereocenters. The Bertz CT molecular complexity index is 967. The molecule has 0 unspecified atom stereocenters. The van der Waals surface area contributed by atoms with Gasteiger partial charge < -0.3 is 9.64 Å². The minimum Gasteiger partial charge on any atom is -0.488 e. The van der Waals surface area contributed by atoms with E-state index in [0.29, 0.717) is 22.4 Å². The van der Waals surface area contributed by atoms with E-state index >= 15 is 0 Å². The van der Waals surface area contributed by atoms with Crippen molar-refractivity contribution in [3.8, 4) is 5.75 Å². The molecule has 6 heteroatoms. The largest absolute Gasteiger partial charge is 0.488 e. The number of amides is 1. The van der Waals surface area contributed by atoms with Gasteiger partial charge in [0.1, 0.15) is 18.1 Å². The number of para-hydroxylation sites is 1. The third-order valence-electron chi connectivity index (χ3n) is 5.75. The summed E-state index contributed by atoms with van der Waals surface area (Å²) in [5.41, 5.74) is 2.48. The first-order chi connectivity index (χ1) is 14.5. The Labute approximate surface area is 188 Å². The maximum Gasteiger partial charge on any atom is 0.277 e. The van der Waals surface area contributed by atoms with Crippen molar-refractivity contribution in [2.24, 2.45) is 0 Å². The summed E-state index contributed by atoms with van der Waals surface area (Å²) in [5.74, 6) is 0.713. The molecule has 1 heterocycles. The molecular weight excluding hydrogens is 416 g/mol. The third-order valence-corrected chi connectivity index (χ3v) is 6.47. The van der Waals surface area contributed by atoms with Crippen LogP contribution >= 0.6 is 23.8 Å². The van der Waals surface area contributed by atoms with E-state index in [1.165, 1.54) is 6.42 Å². The van der Waals surface area contributed by atoms with Gasteiger partial charge in [0.15, 0.2) is 5.11 Å². The van der Waals surface area contributed by atoms with Crippen LogP contribution in [0.15, 0.2) is 54.2 Å². The molecule has 1 aliphatic heterocycles. The molecule has 2 aromatic carbocycles. The van der Waals surface area contributed by atoms with E-state index in [4.69, 9.17) is 28.6 Å². The molecule has 4 nitrogen and oxygen atoms in total. The monoisotopic (exact) mass is 440 g/mol. The molecule has 1 aliphatic carbocycles. The summed E-state index contributed by atoms with van der Waals surface area (Å²) in [5, 5.41) is 1.29. The number of benzene rings is 2. The number of rotatable bonds is 5. The van der Waals surface area contributed by atoms with Crippen molar-refractivity contribution in [1.29, 1.82) is 0 Å². The number of halogens is 1. The molecule has 30 heavy (non-hydrogen) atoms. The van der Waals surface area contributed by atoms with Gasteiger partial charge in [0.05, 0.1) is 0 Å². The Hall–Kier alpha value is -2.37. The summed E-state index contributed by atoms with van der Waals surface area (Å²) in [6.07, 6.45) is 7.47. The van der Waals surface area contributed by atoms with Crippen LogP contribution in [0.2, 0.25) is 5.02 Å². The fourth-order valence-electron chi connectivity index (χ4n) is 4.06. The van der Waals surface area contributed by atoms with Gasteiger partial charge in [-0.2, -0.15) is 0 Å². The van der Waals surface area contributed by atoms with Crippen molar-refractivity contribution in [3.63, 3.8) is 0 Å². The topological polar surface area (TPSA) is 32.8 Å². The average molecular weight is 441 g/mol. The molecule has 0 N–H and O–H groups in total. The molecular formula is C24H25ClN2O2S. The SMILES string of the molecule is CN1C(=S)N(C2CCCCC2)C(=O)/C1=C/c1ccccc1OCc1ccc(Cl)cc1. The molecule has 1 saturated carbocycles. The standard InChI is InChI=1S/C24H25ClN2O2S/c1-26-21(23(28)27(24(26)30)20-8-3-2-4-9-20)15-18-7-5-6-10-22(18)29-16-17-11-13-19(25)14-12-17/h5-7,10-15,20H,2-4,8-9,16H2,1H3/b21-15-. The van der Waals surface area contributed by atoms with Gasteiger partial charge in [-0.15, -0.1) is 0 Å². The minimum atomic E-state index is -0.0121. The fourth-order valence-corrected chi connectivity index (χ4v) is 4.51. The van der Waals surface area contributed by atoms with E-state index in [1.807, 2.05) is 71.5 Å². The van der Waals surface area contributed by atoms with Crippen molar-refractivity contribution < 1.29 is 9.53 Å². The number of carbonyl (C=O) groups excluding carboxylic acids is 1. The summed E-state index contributed by atoms with van der Waals surface area (Å²) in [7, 11) is 1.87. The number of hydrogen-bond acceptors (Lipinski definition) is 3. The predicted molar refractivity (Wildman–Crippen MR) is 124 cm³/mol. The van der Waals surface area contributed by atoms with Gasteiger partial charge in [-0.25, -0.2) is 0 Å². The van der Waals surface area contributed by atoms with Crippen molar-refractivity contribution in [1.82, 2.24) is 9.80 Å². The molecule has 1 amide bonds. The number of likely N-dealkylation sites (N-methyl/N-ethyl adjacent to an activating group) is 1. The Morgan fingerprint density at radius 2 is 1.80 bits per heavy atom. The van der Waals surface area contributed by atoms with Crippen LogP contribution in [0.4, 0.5) is 0 Å². The first-order valence-corrected chi connectivity index (χ1v) is 11.1. The molecule has 2 aliphatic rings. The van der Waals surface area contributed by atoms with E-state index in [-0.39, 0.29) is 11.9 Å². The fraction of sp³-hybridized carbons (Fsp3) is 0.333. The highest BCUT2D eigenvalue weighted by Gasteiger charge is 2.40. The van der Waals surface area contributed by atoms with Crippen LogP contribution in [0.25, 0.3) is 6.08 Å². The summed E-state index contributed by atoms with van der Waals surface area (Å²) >= 11 is 11.6. The number of hydrogen-bond donors (Lipinski definition) is 0. The Morgan fingerprint density at radius 3 is 2.53 bits per heavy atom. The van der Waals surface area contributed by atoms with Gasteiger partial charge in [-0.05, 0) is 54.9 Å². The van der Waals surface area contributed by atoms with E-state index in [1.54, 1.807) is 0 Å². The van der Waals surface area contributed by atoms with E-state index in [0.717, 1.165) is 42.6 Å². The number of nitrogens with zero attached hydrogens (tertiary/aromatic N) is 2. The van der Waals surface area contributed by atoms with Crippen LogP contribution < -0.4 is 4.74 Å². The van der Waals surface area contributed by atoms with E-state index in [9.17, 15) is 4.79 Å². The second-order valence-electron chi connectivity index (χ2n) is 7.79. The van der Waals surface area contributed by atoms with E-state index < -0.39 is 0 Å². The number of carbonyl (C=O) groups is 1. The van der Waals surface area contributed by atoms with Gasteiger partial charge >= 0.3 is 0 Å². The zero-order valence-electron chi connectivity index (χ0n) is 17.0. The van der Waals surface area contributed by atoms with Crippen molar-refractivity contribution >= 4 is 40.9 Å². The van der Waals surface area contributed by atoms with Crippen molar-refractivity contribution in [2.45, 2.75) is 44.8 Å². The van der Waals surface area contributed by atoms with Crippen LogP contribution in [0, 0.1) is 0 Å². The summed E-state index contributed by atoms with van der Waals surface area (Å²) < 4.78 is 6.05. The molecule has 0 bridgehead atoms. The van der Waals surface area contributed by atoms with Crippen LogP contribution in [0.5, 0.6) is 5.75 Å². The smallest absolute Gasteiger partial charge is 0.277 e. The first kappa shape index (κ1) is 20.9. The maximum absolute atomic E-state index is 13.2. The summed E-state index contributed by atoms with van der Waals surface area (Å²) in [6.45, 7) is 0.424. The lowest BCUT2D eigenvalue weighted by Crippen LogP contribution is -2.41. The van der Waals surface area contributed by atoms with Crippen LogP contribution in [-0.4, -0.2) is 33.9 Å². The first-order valence-electron chi connectivity index (χ1n) is 10.3. The molecule has 0 radical (unpaired) electrons. The lowest BCUT2D eigenvalue weighted by atomic mass is 9.94. The molecule has 2 fully saturated rings. The summed E-state index contributed by atoms with van der Waals surface area (Å²) in [4.78, 5) is 16.9. The Kier molecular flexibility index (Phi) is 6.40. The highest BCUT2D eigenvalue weighted by Crippen LogP contribution is 2.32.